The van der Waals surface area contributed by atoms with Gasteiger partial charge in [-0.25, -0.2) is 0 Å². The zero-order valence-electron chi connectivity index (χ0n) is 13.8. The molecule has 23 heavy (non-hydrogen) atoms. The molecule has 0 aliphatic rings. The molecular formula is C16H22N2O5. The number of rotatable bonds is 7. The van der Waals surface area contributed by atoms with Crippen molar-refractivity contribution in [1.29, 1.82) is 0 Å². The summed E-state index contributed by atoms with van der Waals surface area (Å²) in [5.41, 5.74) is 0.121. The highest BCUT2D eigenvalue weighted by Gasteiger charge is 2.35. The van der Waals surface area contributed by atoms with Gasteiger partial charge in [-0.2, -0.15) is 0 Å². The molecule has 1 aromatic carbocycles. The number of nitrogens with one attached hydrogen (secondary N) is 1. The number of hydrogen-bond donors (Lipinski definition) is 2. The monoisotopic (exact) mass is 322 g/mol. The number of benzene rings is 1. The lowest BCUT2D eigenvalue weighted by Gasteiger charge is -2.27. The number of hydrogen-bond acceptors (Lipinski definition) is 4. The Balaban J connectivity index is 3.05. The molecule has 0 atom stereocenters. The van der Waals surface area contributed by atoms with Crippen LogP contribution in [-0.4, -0.2) is 28.5 Å². The molecule has 2 N–H and O–H groups in total. The lowest BCUT2D eigenvalue weighted by molar-refractivity contribution is -0.385. The van der Waals surface area contributed by atoms with Gasteiger partial charge in [0.2, 0.25) is 0 Å². The van der Waals surface area contributed by atoms with Gasteiger partial charge in [0.15, 0.2) is 0 Å². The quantitative estimate of drug-likeness (QED) is 0.592. The number of aryl methyl sites for hydroxylation is 2. The van der Waals surface area contributed by atoms with E-state index >= 15 is 0 Å². The summed E-state index contributed by atoms with van der Waals surface area (Å²) in [4.78, 5) is 34.2. The molecule has 0 radical (unpaired) electrons. The van der Waals surface area contributed by atoms with Crippen molar-refractivity contribution in [3.05, 3.63) is 38.9 Å². The van der Waals surface area contributed by atoms with Gasteiger partial charge in [-0.3, -0.25) is 19.7 Å². The zero-order chi connectivity index (χ0) is 17.8. The highest BCUT2D eigenvalue weighted by atomic mass is 16.6. The number of nitro benzene ring substituents is 1. The van der Waals surface area contributed by atoms with Crippen molar-refractivity contribution in [3.63, 3.8) is 0 Å². The molecule has 0 aliphatic heterocycles. The Labute approximate surface area is 134 Å². The Hall–Kier alpha value is -2.44. The Kier molecular flexibility index (Phi) is 5.84. The summed E-state index contributed by atoms with van der Waals surface area (Å²) in [6.07, 6.45) is 0.762. The largest absolute Gasteiger partial charge is 0.481 e. The van der Waals surface area contributed by atoms with E-state index in [1.165, 1.54) is 6.07 Å². The van der Waals surface area contributed by atoms with Crippen molar-refractivity contribution < 1.29 is 19.6 Å². The summed E-state index contributed by atoms with van der Waals surface area (Å²) < 4.78 is 0. The summed E-state index contributed by atoms with van der Waals surface area (Å²) in [5, 5.41) is 23.0. The fourth-order valence-electron chi connectivity index (χ4n) is 2.50. The highest BCUT2D eigenvalue weighted by molar-refractivity contribution is 5.96. The minimum atomic E-state index is -1.03. The number of carboxylic acids is 1. The van der Waals surface area contributed by atoms with Crippen molar-refractivity contribution in [1.82, 2.24) is 5.32 Å². The summed E-state index contributed by atoms with van der Waals surface area (Å²) in [7, 11) is 0. The molecule has 0 saturated heterocycles. The van der Waals surface area contributed by atoms with Crippen LogP contribution in [0.4, 0.5) is 5.69 Å². The maximum absolute atomic E-state index is 12.3. The number of carboxylic acid groups (broad SMARTS) is 1. The number of nitro groups is 1. The third-order valence-electron chi connectivity index (χ3n) is 4.38. The summed E-state index contributed by atoms with van der Waals surface area (Å²) in [5.74, 6) is -1.47. The summed E-state index contributed by atoms with van der Waals surface area (Å²) in [6.45, 7) is 6.79. The number of carbonyl (C=O) groups excluding carboxylic acids is 1. The molecule has 0 bridgehead atoms. The number of amides is 1. The number of aliphatic carboxylic acids is 1. The molecule has 0 heterocycles. The Morgan fingerprint density at radius 3 is 2.22 bits per heavy atom. The zero-order valence-corrected chi connectivity index (χ0v) is 13.8. The van der Waals surface area contributed by atoms with Crippen molar-refractivity contribution in [2.24, 2.45) is 5.41 Å². The average molecular weight is 322 g/mol. The van der Waals surface area contributed by atoms with Gasteiger partial charge in [0.05, 0.1) is 10.3 Å². The van der Waals surface area contributed by atoms with E-state index in [0.717, 1.165) is 0 Å². The fraction of sp³-hybridized carbons (Fsp3) is 0.500. The Morgan fingerprint density at radius 2 is 1.78 bits per heavy atom. The molecule has 126 valence electrons. The third-order valence-corrected chi connectivity index (χ3v) is 4.38. The highest BCUT2D eigenvalue weighted by Crippen LogP contribution is 2.27. The molecule has 0 fully saturated rings. The first kappa shape index (κ1) is 18.6. The smallest absolute Gasteiger partial charge is 0.311 e. The number of carbonyl (C=O) groups is 2. The van der Waals surface area contributed by atoms with Crippen LogP contribution in [0.3, 0.4) is 0 Å². The predicted octanol–water partition coefficient (Wildman–Crippen LogP) is 2.83. The second-order valence-corrected chi connectivity index (χ2v) is 5.69. The van der Waals surface area contributed by atoms with Crippen LogP contribution in [0.1, 0.15) is 48.2 Å². The van der Waals surface area contributed by atoms with Gasteiger partial charge >= 0.3 is 5.97 Å². The number of nitrogens with zero attached hydrogens (tertiary/aromatic N) is 1. The van der Waals surface area contributed by atoms with Gasteiger partial charge < -0.3 is 10.4 Å². The second kappa shape index (κ2) is 7.21. The molecule has 0 saturated carbocycles. The van der Waals surface area contributed by atoms with Gasteiger partial charge in [0, 0.05) is 23.7 Å². The van der Waals surface area contributed by atoms with Crippen LogP contribution < -0.4 is 5.32 Å². The molecular weight excluding hydrogens is 300 g/mol. The fourth-order valence-corrected chi connectivity index (χ4v) is 2.50. The van der Waals surface area contributed by atoms with Gasteiger partial charge in [-0.1, -0.05) is 13.8 Å². The van der Waals surface area contributed by atoms with E-state index in [1.807, 2.05) is 0 Å². The van der Waals surface area contributed by atoms with Crippen molar-refractivity contribution in [2.75, 3.05) is 6.54 Å². The summed E-state index contributed by atoms with van der Waals surface area (Å²) in [6, 6.07) is 2.82. The van der Waals surface area contributed by atoms with E-state index in [1.54, 1.807) is 33.8 Å². The third kappa shape index (κ3) is 3.85. The topological polar surface area (TPSA) is 110 Å². The first-order chi connectivity index (χ1) is 10.7. The molecule has 7 heteroatoms. The van der Waals surface area contributed by atoms with Crippen LogP contribution >= 0.6 is 0 Å². The molecule has 0 aliphatic carbocycles. The molecule has 1 amide bonds. The van der Waals surface area contributed by atoms with Crippen molar-refractivity contribution in [2.45, 2.75) is 40.5 Å². The first-order valence-corrected chi connectivity index (χ1v) is 7.45. The van der Waals surface area contributed by atoms with E-state index < -0.39 is 22.2 Å². The lowest BCUT2D eigenvalue weighted by atomic mass is 9.82. The van der Waals surface area contributed by atoms with Crippen LogP contribution in [0.5, 0.6) is 0 Å². The summed E-state index contributed by atoms with van der Waals surface area (Å²) >= 11 is 0. The predicted molar refractivity (Wildman–Crippen MR) is 85.6 cm³/mol. The maximum Gasteiger partial charge on any atom is 0.311 e. The van der Waals surface area contributed by atoms with E-state index in [2.05, 4.69) is 5.32 Å². The van der Waals surface area contributed by atoms with Crippen molar-refractivity contribution in [3.8, 4) is 0 Å². The van der Waals surface area contributed by atoms with Gasteiger partial charge in [-0.15, -0.1) is 0 Å². The molecule has 1 aromatic rings. The van der Waals surface area contributed by atoms with Crippen LogP contribution in [-0.2, 0) is 4.79 Å². The van der Waals surface area contributed by atoms with E-state index in [4.69, 9.17) is 0 Å². The van der Waals surface area contributed by atoms with Crippen LogP contribution in [0.2, 0.25) is 0 Å². The molecule has 0 unspecified atom stereocenters. The minimum Gasteiger partial charge on any atom is -0.481 e. The lowest BCUT2D eigenvalue weighted by Crippen LogP contribution is -2.42. The van der Waals surface area contributed by atoms with E-state index in [-0.39, 0.29) is 17.8 Å². The Morgan fingerprint density at radius 1 is 1.22 bits per heavy atom. The van der Waals surface area contributed by atoms with E-state index in [9.17, 15) is 24.8 Å². The SMILES string of the molecule is CCC(CC)(CNC(=O)c1cc([N+](=O)[O-])c(C)cc1C)C(=O)O. The Bertz CT molecular complexity index is 636. The normalized spacial score (nSPS) is 11.1. The minimum absolute atomic E-state index is 0.0186. The van der Waals surface area contributed by atoms with Crippen LogP contribution in [0.15, 0.2) is 12.1 Å². The molecule has 7 nitrogen and oxygen atoms in total. The van der Waals surface area contributed by atoms with Crippen LogP contribution in [0.25, 0.3) is 0 Å². The molecule has 0 aromatic heterocycles. The maximum atomic E-state index is 12.3. The van der Waals surface area contributed by atoms with Crippen LogP contribution in [0, 0.1) is 29.4 Å². The average Bonchev–Trinajstić information content (AvgIpc) is 2.47. The van der Waals surface area contributed by atoms with E-state index in [0.29, 0.717) is 24.0 Å². The van der Waals surface area contributed by atoms with Crippen molar-refractivity contribution >= 4 is 17.6 Å². The standard InChI is InChI=1S/C16H22N2O5/c1-5-16(6-2,15(20)21)9-17-14(19)12-8-13(18(22)23)11(4)7-10(12)3/h7-8H,5-6,9H2,1-4H3,(H,17,19)(H,20,21). The van der Waals surface area contributed by atoms with Gasteiger partial charge in [-0.05, 0) is 38.3 Å². The van der Waals surface area contributed by atoms with Gasteiger partial charge in [0.25, 0.3) is 11.6 Å². The second-order valence-electron chi connectivity index (χ2n) is 5.69. The molecule has 0 spiro atoms. The molecule has 1 rings (SSSR count). The first-order valence-electron chi connectivity index (χ1n) is 7.45. The van der Waals surface area contributed by atoms with Gasteiger partial charge in [0.1, 0.15) is 0 Å².